The van der Waals surface area contributed by atoms with Gasteiger partial charge in [0, 0.05) is 0 Å². The van der Waals surface area contributed by atoms with Crippen LogP contribution in [-0.4, -0.2) is 37.5 Å². The van der Waals surface area contributed by atoms with Crippen LogP contribution in [0.5, 0.6) is 0 Å². The number of sulfonamides is 1. The molecule has 0 bridgehead atoms. The van der Waals surface area contributed by atoms with Crippen molar-refractivity contribution < 1.29 is 18.3 Å². The minimum absolute atomic E-state index is 0.116. The second-order valence-electron chi connectivity index (χ2n) is 4.06. The van der Waals surface area contributed by atoms with Crippen LogP contribution >= 0.6 is 11.8 Å². The average Bonchev–Trinajstić information content (AvgIpc) is 2.34. The van der Waals surface area contributed by atoms with Crippen LogP contribution in [0.15, 0.2) is 29.2 Å². The zero-order valence-electron chi connectivity index (χ0n) is 10.8. The minimum atomic E-state index is -3.81. The van der Waals surface area contributed by atoms with Crippen LogP contribution < -0.4 is 4.72 Å². The number of nitrogens with one attached hydrogen (secondary N) is 1. The highest BCUT2D eigenvalue weighted by Gasteiger charge is 2.25. The molecule has 0 radical (unpaired) electrons. The molecule has 106 valence electrons. The van der Waals surface area contributed by atoms with E-state index < -0.39 is 22.0 Å². The molecular formula is C12H17NO4S2. The van der Waals surface area contributed by atoms with E-state index in [2.05, 4.69) is 4.72 Å². The Morgan fingerprint density at radius 2 is 2.05 bits per heavy atom. The summed E-state index contributed by atoms with van der Waals surface area (Å²) in [6, 6.07) is 5.38. The molecule has 0 aromatic heterocycles. The van der Waals surface area contributed by atoms with Crippen LogP contribution in [0.2, 0.25) is 0 Å². The van der Waals surface area contributed by atoms with Crippen LogP contribution in [0.3, 0.4) is 0 Å². The summed E-state index contributed by atoms with van der Waals surface area (Å²) >= 11 is 1.47. The maximum Gasteiger partial charge on any atom is 0.321 e. The molecule has 0 aliphatic heterocycles. The number of thioether (sulfide) groups is 1. The summed E-state index contributed by atoms with van der Waals surface area (Å²) in [5, 5.41) is 9.04. The van der Waals surface area contributed by atoms with E-state index in [1.165, 1.54) is 17.8 Å². The van der Waals surface area contributed by atoms with Gasteiger partial charge in [-0.2, -0.15) is 16.5 Å². The van der Waals surface area contributed by atoms with E-state index in [1.54, 1.807) is 25.1 Å². The monoisotopic (exact) mass is 303 g/mol. The highest BCUT2D eigenvalue weighted by molar-refractivity contribution is 7.98. The Hall–Kier alpha value is -1.05. The first-order valence-corrected chi connectivity index (χ1v) is 8.56. The van der Waals surface area contributed by atoms with E-state index in [4.69, 9.17) is 5.11 Å². The Balaban J connectivity index is 2.95. The van der Waals surface area contributed by atoms with Gasteiger partial charge in [-0.1, -0.05) is 18.2 Å². The molecule has 0 saturated carbocycles. The van der Waals surface area contributed by atoms with Crippen molar-refractivity contribution in [3.05, 3.63) is 29.8 Å². The summed E-state index contributed by atoms with van der Waals surface area (Å²) in [5.74, 6) is -0.584. The highest BCUT2D eigenvalue weighted by atomic mass is 32.2. The van der Waals surface area contributed by atoms with E-state index in [0.29, 0.717) is 11.3 Å². The fourth-order valence-electron chi connectivity index (χ4n) is 1.58. The van der Waals surface area contributed by atoms with Crippen molar-refractivity contribution in [3.8, 4) is 0 Å². The first-order chi connectivity index (χ1) is 8.88. The Bertz CT molecular complexity index is 542. The lowest BCUT2D eigenvalue weighted by Gasteiger charge is -2.15. The molecule has 0 heterocycles. The number of benzene rings is 1. The van der Waals surface area contributed by atoms with E-state index in [-0.39, 0.29) is 11.3 Å². The number of aliphatic carboxylic acids is 1. The Morgan fingerprint density at radius 1 is 1.42 bits per heavy atom. The molecule has 1 atom stereocenters. The van der Waals surface area contributed by atoms with Crippen molar-refractivity contribution in [1.82, 2.24) is 4.72 Å². The van der Waals surface area contributed by atoms with Crippen LogP contribution in [0.1, 0.15) is 12.0 Å². The van der Waals surface area contributed by atoms with Crippen LogP contribution in [0.25, 0.3) is 0 Å². The number of carbonyl (C=O) groups is 1. The smallest absolute Gasteiger partial charge is 0.321 e. The quantitative estimate of drug-likeness (QED) is 0.797. The zero-order chi connectivity index (χ0) is 14.5. The molecule has 0 saturated heterocycles. The first kappa shape index (κ1) is 16.0. The topological polar surface area (TPSA) is 83.5 Å². The normalized spacial score (nSPS) is 13.2. The van der Waals surface area contributed by atoms with Crippen LogP contribution in [-0.2, 0) is 14.8 Å². The van der Waals surface area contributed by atoms with Gasteiger partial charge in [0.1, 0.15) is 6.04 Å². The van der Waals surface area contributed by atoms with E-state index in [0.717, 1.165) is 0 Å². The summed E-state index contributed by atoms with van der Waals surface area (Å²) in [6.45, 7) is 1.67. The molecule has 0 amide bonds. The molecule has 0 spiro atoms. The third-order valence-corrected chi connectivity index (χ3v) is 4.87. The molecule has 19 heavy (non-hydrogen) atoms. The molecular weight excluding hydrogens is 286 g/mol. The van der Waals surface area contributed by atoms with Crippen molar-refractivity contribution in [2.75, 3.05) is 12.0 Å². The summed E-state index contributed by atoms with van der Waals surface area (Å²) in [4.78, 5) is 11.2. The first-order valence-electron chi connectivity index (χ1n) is 5.68. The van der Waals surface area contributed by atoms with Gasteiger partial charge in [-0.15, -0.1) is 0 Å². The molecule has 0 aliphatic rings. The molecule has 1 unspecified atom stereocenters. The molecule has 0 aliphatic carbocycles. The summed E-state index contributed by atoms with van der Waals surface area (Å²) in [5.41, 5.74) is 0.587. The van der Waals surface area contributed by atoms with E-state index in [9.17, 15) is 13.2 Å². The highest BCUT2D eigenvalue weighted by Crippen LogP contribution is 2.15. The molecule has 1 aromatic rings. The average molecular weight is 303 g/mol. The van der Waals surface area contributed by atoms with Crippen LogP contribution in [0.4, 0.5) is 0 Å². The molecule has 2 N–H and O–H groups in total. The predicted octanol–water partition coefficient (Wildman–Crippen LogP) is 1.48. The van der Waals surface area contributed by atoms with Gasteiger partial charge in [-0.25, -0.2) is 8.42 Å². The SMILES string of the molecule is CSCCC(NS(=O)(=O)c1ccccc1C)C(=O)O. The van der Waals surface area contributed by atoms with Gasteiger partial charge in [0.25, 0.3) is 0 Å². The molecule has 0 fully saturated rings. The predicted molar refractivity (Wildman–Crippen MR) is 75.9 cm³/mol. The van der Waals surface area contributed by atoms with Gasteiger partial charge in [0.05, 0.1) is 4.90 Å². The Kier molecular flexibility index (Phi) is 5.84. The van der Waals surface area contributed by atoms with Crippen molar-refractivity contribution in [2.24, 2.45) is 0 Å². The Morgan fingerprint density at radius 3 is 2.58 bits per heavy atom. The maximum atomic E-state index is 12.1. The second kappa shape index (κ2) is 6.93. The molecule has 1 rings (SSSR count). The molecule has 5 nitrogen and oxygen atoms in total. The lowest BCUT2D eigenvalue weighted by Crippen LogP contribution is -2.41. The number of carboxylic acid groups (broad SMARTS) is 1. The molecule has 7 heteroatoms. The van der Waals surface area contributed by atoms with Crippen molar-refractivity contribution in [1.29, 1.82) is 0 Å². The minimum Gasteiger partial charge on any atom is -0.480 e. The van der Waals surface area contributed by atoms with Crippen LogP contribution in [0, 0.1) is 6.92 Å². The second-order valence-corrected chi connectivity index (χ2v) is 6.73. The third kappa shape index (κ3) is 4.52. The van der Waals surface area contributed by atoms with Gasteiger partial charge in [-0.3, -0.25) is 4.79 Å². The molecule has 1 aromatic carbocycles. The summed E-state index contributed by atoms with van der Waals surface area (Å²) in [7, 11) is -3.81. The zero-order valence-corrected chi connectivity index (χ0v) is 12.4. The number of aryl methyl sites for hydroxylation is 1. The van der Waals surface area contributed by atoms with Crippen molar-refractivity contribution in [2.45, 2.75) is 24.3 Å². The largest absolute Gasteiger partial charge is 0.480 e. The van der Waals surface area contributed by atoms with Gasteiger partial charge < -0.3 is 5.11 Å². The number of hydrogen-bond acceptors (Lipinski definition) is 4. The Labute approximate surface area is 117 Å². The number of hydrogen-bond donors (Lipinski definition) is 2. The van der Waals surface area contributed by atoms with E-state index in [1.807, 2.05) is 6.26 Å². The summed E-state index contributed by atoms with van der Waals surface area (Å²) < 4.78 is 26.5. The maximum absolute atomic E-state index is 12.1. The number of rotatable bonds is 7. The van der Waals surface area contributed by atoms with Gasteiger partial charge in [-0.05, 0) is 37.0 Å². The lowest BCUT2D eigenvalue weighted by molar-refractivity contribution is -0.139. The standard InChI is InChI=1S/C12H17NO4S2/c1-9-5-3-4-6-11(9)19(16,17)13-10(12(14)15)7-8-18-2/h3-6,10,13H,7-8H2,1-2H3,(H,14,15). The fourth-order valence-corrected chi connectivity index (χ4v) is 3.52. The lowest BCUT2D eigenvalue weighted by atomic mass is 10.2. The van der Waals surface area contributed by atoms with Gasteiger partial charge in [0.2, 0.25) is 10.0 Å². The van der Waals surface area contributed by atoms with Gasteiger partial charge in [0.15, 0.2) is 0 Å². The number of carboxylic acids is 1. The van der Waals surface area contributed by atoms with Crippen molar-refractivity contribution in [3.63, 3.8) is 0 Å². The summed E-state index contributed by atoms with van der Waals surface area (Å²) in [6.07, 6.45) is 2.09. The van der Waals surface area contributed by atoms with Crippen molar-refractivity contribution >= 4 is 27.8 Å². The third-order valence-electron chi connectivity index (χ3n) is 2.59. The fraction of sp³-hybridized carbons (Fsp3) is 0.417. The van der Waals surface area contributed by atoms with Gasteiger partial charge >= 0.3 is 5.97 Å². The van der Waals surface area contributed by atoms with E-state index >= 15 is 0 Å².